The highest BCUT2D eigenvalue weighted by Crippen LogP contribution is 2.45. The van der Waals surface area contributed by atoms with Crippen LogP contribution in [0.3, 0.4) is 0 Å². The predicted molar refractivity (Wildman–Crippen MR) is 71.0 cm³/mol. The van der Waals surface area contributed by atoms with Crippen LogP contribution in [0.1, 0.15) is 38.5 Å². The lowest BCUT2D eigenvalue weighted by molar-refractivity contribution is 0.0852. The monoisotopic (exact) mass is 237 g/mol. The average Bonchev–Trinajstić information content (AvgIpc) is 2.92. The summed E-state index contributed by atoms with van der Waals surface area (Å²) in [6, 6.07) is 0.918. The Labute approximate surface area is 105 Å². The fourth-order valence-electron chi connectivity index (χ4n) is 3.63. The Hall–Kier alpha value is -0.120. The van der Waals surface area contributed by atoms with Gasteiger partial charge in [0.2, 0.25) is 0 Å². The van der Waals surface area contributed by atoms with Crippen molar-refractivity contribution in [1.82, 2.24) is 9.80 Å². The quantitative estimate of drug-likeness (QED) is 0.799. The van der Waals surface area contributed by atoms with Gasteiger partial charge in [0.05, 0.1) is 0 Å². The molecule has 3 rings (SSSR count). The Bertz CT molecular complexity index is 248. The second-order valence-electron chi connectivity index (χ2n) is 6.45. The van der Waals surface area contributed by atoms with Gasteiger partial charge in [0.25, 0.3) is 0 Å². The van der Waals surface area contributed by atoms with Gasteiger partial charge in [-0.2, -0.15) is 0 Å². The summed E-state index contributed by atoms with van der Waals surface area (Å²) >= 11 is 0. The van der Waals surface area contributed by atoms with Crippen molar-refractivity contribution in [1.29, 1.82) is 0 Å². The van der Waals surface area contributed by atoms with Gasteiger partial charge in [0.1, 0.15) is 0 Å². The van der Waals surface area contributed by atoms with E-state index in [4.69, 9.17) is 5.73 Å². The number of nitrogens with two attached hydrogens (primary N) is 1. The third kappa shape index (κ3) is 2.67. The van der Waals surface area contributed by atoms with E-state index in [0.717, 1.165) is 12.6 Å². The standard InChI is InChI=1S/C14H27N3/c15-11-14(5-6-14)12-16-7-9-17(10-8-16)13-3-1-2-4-13/h13H,1-12,15H2. The Morgan fingerprint density at radius 2 is 1.65 bits per heavy atom. The molecule has 2 N–H and O–H groups in total. The third-order valence-corrected chi connectivity index (χ3v) is 5.20. The maximum absolute atomic E-state index is 5.88. The number of hydrogen-bond acceptors (Lipinski definition) is 3. The summed E-state index contributed by atoms with van der Waals surface area (Å²) < 4.78 is 0. The van der Waals surface area contributed by atoms with Crippen molar-refractivity contribution in [3.8, 4) is 0 Å². The number of piperazine rings is 1. The minimum absolute atomic E-state index is 0.523. The van der Waals surface area contributed by atoms with E-state index in [1.54, 1.807) is 0 Å². The first-order chi connectivity index (χ1) is 8.31. The summed E-state index contributed by atoms with van der Waals surface area (Å²) in [4.78, 5) is 5.40. The molecule has 0 bridgehead atoms. The third-order valence-electron chi connectivity index (χ3n) is 5.20. The zero-order valence-corrected chi connectivity index (χ0v) is 11.0. The Morgan fingerprint density at radius 1 is 1.00 bits per heavy atom. The van der Waals surface area contributed by atoms with E-state index in [0.29, 0.717) is 5.41 Å². The van der Waals surface area contributed by atoms with Gasteiger partial charge in [0.15, 0.2) is 0 Å². The lowest BCUT2D eigenvalue weighted by Crippen LogP contribution is -2.51. The molecule has 3 fully saturated rings. The average molecular weight is 237 g/mol. The van der Waals surface area contributed by atoms with Crippen molar-refractivity contribution in [3.05, 3.63) is 0 Å². The van der Waals surface area contributed by atoms with Gasteiger partial charge in [-0.1, -0.05) is 12.8 Å². The second kappa shape index (κ2) is 4.87. The molecular weight excluding hydrogens is 210 g/mol. The number of rotatable bonds is 4. The van der Waals surface area contributed by atoms with Gasteiger partial charge >= 0.3 is 0 Å². The first-order valence-electron chi connectivity index (χ1n) is 7.48. The van der Waals surface area contributed by atoms with Crippen molar-refractivity contribution >= 4 is 0 Å². The van der Waals surface area contributed by atoms with Crippen molar-refractivity contribution in [2.24, 2.45) is 11.1 Å². The highest BCUT2D eigenvalue weighted by Gasteiger charge is 2.42. The van der Waals surface area contributed by atoms with Crippen LogP contribution in [0.2, 0.25) is 0 Å². The first-order valence-corrected chi connectivity index (χ1v) is 7.48. The van der Waals surface area contributed by atoms with Crippen LogP contribution >= 0.6 is 0 Å². The Morgan fingerprint density at radius 3 is 2.18 bits per heavy atom. The topological polar surface area (TPSA) is 32.5 Å². The largest absolute Gasteiger partial charge is 0.330 e. The van der Waals surface area contributed by atoms with Gasteiger partial charge in [-0.3, -0.25) is 4.90 Å². The van der Waals surface area contributed by atoms with E-state index in [1.165, 1.54) is 71.2 Å². The van der Waals surface area contributed by atoms with E-state index >= 15 is 0 Å². The number of nitrogens with zero attached hydrogens (tertiary/aromatic N) is 2. The van der Waals surface area contributed by atoms with E-state index < -0.39 is 0 Å². The molecule has 0 atom stereocenters. The molecule has 0 unspecified atom stereocenters. The molecule has 0 aromatic carbocycles. The molecule has 17 heavy (non-hydrogen) atoms. The highest BCUT2D eigenvalue weighted by molar-refractivity contribution is 4.97. The molecule has 0 aromatic rings. The molecule has 2 saturated carbocycles. The van der Waals surface area contributed by atoms with Crippen LogP contribution in [0.15, 0.2) is 0 Å². The van der Waals surface area contributed by atoms with Gasteiger partial charge in [-0.15, -0.1) is 0 Å². The van der Waals surface area contributed by atoms with Gasteiger partial charge in [-0.05, 0) is 37.6 Å². The molecule has 1 aliphatic heterocycles. The van der Waals surface area contributed by atoms with Crippen LogP contribution < -0.4 is 5.73 Å². The molecule has 3 nitrogen and oxygen atoms in total. The van der Waals surface area contributed by atoms with Crippen LogP contribution in [0.4, 0.5) is 0 Å². The van der Waals surface area contributed by atoms with E-state index in [2.05, 4.69) is 9.80 Å². The van der Waals surface area contributed by atoms with Crippen LogP contribution in [-0.4, -0.2) is 55.1 Å². The smallest absolute Gasteiger partial charge is 0.0113 e. The molecule has 0 amide bonds. The normalized spacial score (nSPS) is 30.9. The molecule has 1 heterocycles. The van der Waals surface area contributed by atoms with E-state index in [1.807, 2.05) is 0 Å². The maximum atomic E-state index is 5.88. The minimum atomic E-state index is 0.523. The SMILES string of the molecule is NCC1(CN2CCN(C3CCCC3)CC2)CC1. The fraction of sp³-hybridized carbons (Fsp3) is 1.00. The van der Waals surface area contributed by atoms with Crippen LogP contribution in [0.25, 0.3) is 0 Å². The minimum Gasteiger partial charge on any atom is -0.330 e. The number of hydrogen-bond donors (Lipinski definition) is 1. The van der Waals surface area contributed by atoms with Gasteiger partial charge in [0, 0.05) is 38.8 Å². The molecule has 0 radical (unpaired) electrons. The molecule has 2 aliphatic carbocycles. The fourth-order valence-corrected chi connectivity index (χ4v) is 3.63. The molecule has 3 aliphatic rings. The van der Waals surface area contributed by atoms with Crippen molar-refractivity contribution in [2.75, 3.05) is 39.3 Å². The lowest BCUT2D eigenvalue weighted by Gasteiger charge is -2.39. The predicted octanol–water partition coefficient (Wildman–Crippen LogP) is 1.29. The molecule has 3 heteroatoms. The van der Waals surface area contributed by atoms with Crippen LogP contribution in [0.5, 0.6) is 0 Å². The molecule has 0 aromatic heterocycles. The Balaban J connectivity index is 1.44. The maximum Gasteiger partial charge on any atom is 0.0113 e. The van der Waals surface area contributed by atoms with Crippen molar-refractivity contribution in [2.45, 2.75) is 44.6 Å². The van der Waals surface area contributed by atoms with Gasteiger partial charge < -0.3 is 10.6 Å². The van der Waals surface area contributed by atoms with Crippen LogP contribution in [-0.2, 0) is 0 Å². The van der Waals surface area contributed by atoms with Crippen molar-refractivity contribution < 1.29 is 0 Å². The second-order valence-corrected chi connectivity index (χ2v) is 6.45. The lowest BCUT2D eigenvalue weighted by atomic mass is 10.1. The van der Waals surface area contributed by atoms with Gasteiger partial charge in [-0.25, -0.2) is 0 Å². The summed E-state index contributed by atoms with van der Waals surface area (Å²) in [6.45, 7) is 7.31. The molecular formula is C14H27N3. The summed E-state index contributed by atoms with van der Waals surface area (Å²) in [5, 5.41) is 0. The van der Waals surface area contributed by atoms with E-state index in [-0.39, 0.29) is 0 Å². The summed E-state index contributed by atoms with van der Waals surface area (Å²) in [6.07, 6.45) is 8.56. The summed E-state index contributed by atoms with van der Waals surface area (Å²) in [5.74, 6) is 0. The van der Waals surface area contributed by atoms with Crippen molar-refractivity contribution in [3.63, 3.8) is 0 Å². The first kappa shape index (κ1) is 11.9. The molecule has 0 spiro atoms. The molecule has 1 saturated heterocycles. The Kier molecular flexibility index (Phi) is 3.42. The zero-order chi connectivity index (χ0) is 11.7. The summed E-state index contributed by atoms with van der Waals surface area (Å²) in [5.41, 5.74) is 6.40. The molecule has 98 valence electrons. The van der Waals surface area contributed by atoms with Crippen LogP contribution in [0, 0.1) is 5.41 Å². The highest BCUT2D eigenvalue weighted by atomic mass is 15.3. The summed E-state index contributed by atoms with van der Waals surface area (Å²) in [7, 11) is 0. The van der Waals surface area contributed by atoms with E-state index in [9.17, 15) is 0 Å². The zero-order valence-electron chi connectivity index (χ0n) is 11.0.